The molecule has 0 radical (unpaired) electrons. The normalized spacial score (nSPS) is 13.8. The van der Waals surface area contributed by atoms with Gasteiger partial charge in [0.15, 0.2) is 0 Å². The van der Waals surface area contributed by atoms with Gasteiger partial charge in [0.2, 0.25) is 0 Å². The van der Waals surface area contributed by atoms with Gasteiger partial charge in [0.25, 0.3) is 0 Å². The highest BCUT2D eigenvalue weighted by Gasteiger charge is 2.28. The fraction of sp³-hybridized carbons (Fsp3) is 0.0714. The molecule has 1 aliphatic rings. The summed E-state index contributed by atoms with van der Waals surface area (Å²) in [4.78, 5) is 1.71. The molecule has 1 N–H and O–H groups in total. The van der Waals surface area contributed by atoms with E-state index in [1.165, 1.54) is 12.1 Å². The molecule has 0 atom stereocenters. The van der Waals surface area contributed by atoms with E-state index in [-0.39, 0.29) is 11.7 Å². The number of fused-ring (bicyclic) bond motifs is 1. The maximum Gasteiger partial charge on any atom is 0.133 e. The summed E-state index contributed by atoms with van der Waals surface area (Å²) in [5.41, 5.74) is 2.12. The summed E-state index contributed by atoms with van der Waals surface area (Å²) in [5, 5.41) is 8.96. The quantitative estimate of drug-likeness (QED) is 0.680. The average molecular weight is 374 g/mol. The number of nitrogens with one attached hydrogen (secondary N) is 1. The molecule has 0 spiro atoms. The third kappa shape index (κ3) is 2.12. The van der Waals surface area contributed by atoms with Crippen LogP contribution in [-0.4, -0.2) is 5.84 Å². The lowest BCUT2D eigenvalue weighted by molar-refractivity contribution is 0.627. The Kier molecular flexibility index (Phi) is 3.48. The summed E-state index contributed by atoms with van der Waals surface area (Å²) < 4.78 is 14.0. The number of benzene rings is 2. The van der Waals surface area contributed by atoms with Crippen molar-refractivity contribution in [1.29, 1.82) is 5.41 Å². The van der Waals surface area contributed by atoms with Crippen molar-refractivity contribution in [2.24, 2.45) is 0 Å². The molecule has 20 heavy (non-hydrogen) atoms. The van der Waals surface area contributed by atoms with E-state index < -0.39 is 0 Å². The molecule has 0 fully saturated rings. The van der Waals surface area contributed by atoms with Gasteiger partial charge in [-0.15, -0.1) is 0 Å². The Morgan fingerprint density at radius 2 is 1.90 bits per heavy atom. The van der Waals surface area contributed by atoms with Gasteiger partial charge in [-0.1, -0.05) is 29.3 Å². The molecule has 2 aromatic carbocycles. The third-order valence-corrected chi connectivity index (χ3v) is 4.99. The second-order valence-corrected chi connectivity index (χ2v) is 6.04. The Balaban J connectivity index is 2.07. The van der Waals surface area contributed by atoms with Gasteiger partial charge in [-0.2, -0.15) is 0 Å². The highest BCUT2D eigenvalue weighted by atomic mass is 79.9. The zero-order valence-corrected chi connectivity index (χ0v) is 13.2. The van der Waals surface area contributed by atoms with Crippen molar-refractivity contribution in [2.75, 3.05) is 4.90 Å². The van der Waals surface area contributed by atoms with Gasteiger partial charge in [0.05, 0.1) is 22.3 Å². The number of hydrogen-bond donors (Lipinski definition) is 1. The van der Waals surface area contributed by atoms with Gasteiger partial charge < -0.3 is 4.90 Å². The summed E-state index contributed by atoms with van der Waals surface area (Å²) >= 11 is 15.7. The molecule has 0 aromatic heterocycles. The molecule has 6 heteroatoms. The van der Waals surface area contributed by atoms with Crippen LogP contribution in [0.2, 0.25) is 10.0 Å². The Morgan fingerprint density at radius 3 is 2.65 bits per heavy atom. The first-order chi connectivity index (χ1) is 9.49. The van der Waals surface area contributed by atoms with E-state index in [1.54, 1.807) is 23.1 Å². The average Bonchev–Trinajstić information content (AvgIpc) is 2.74. The van der Waals surface area contributed by atoms with Crippen molar-refractivity contribution in [2.45, 2.75) is 6.54 Å². The van der Waals surface area contributed by atoms with Crippen molar-refractivity contribution in [3.63, 3.8) is 0 Å². The second kappa shape index (κ2) is 5.02. The van der Waals surface area contributed by atoms with Crippen LogP contribution in [0.25, 0.3) is 0 Å². The van der Waals surface area contributed by atoms with Crippen molar-refractivity contribution in [1.82, 2.24) is 0 Å². The molecule has 0 saturated carbocycles. The summed E-state index contributed by atoms with van der Waals surface area (Å²) in [5.74, 6) is -0.130. The smallest absolute Gasteiger partial charge is 0.133 e. The molecule has 0 saturated heterocycles. The van der Waals surface area contributed by atoms with Crippen LogP contribution in [0.3, 0.4) is 0 Å². The van der Waals surface area contributed by atoms with E-state index in [0.717, 1.165) is 5.56 Å². The van der Waals surface area contributed by atoms with Crippen LogP contribution in [0, 0.1) is 11.2 Å². The van der Waals surface area contributed by atoms with Crippen molar-refractivity contribution in [3.05, 3.63) is 61.8 Å². The number of hydrogen-bond acceptors (Lipinski definition) is 1. The van der Waals surface area contributed by atoms with Crippen LogP contribution in [0.4, 0.5) is 10.1 Å². The predicted molar refractivity (Wildman–Crippen MR) is 83.6 cm³/mol. The van der Waals surface area contributed by atoms with Crippen LogP contribution in [0.5, 0.6) is 0 Å². The fourth-order valence-electron chi connectivity index (χ4n) is 2.23. The standard InChI is InChI=1S/C14H8BrCl2FN2/c15-10-3-4-11(13(17)12(10)16)20-6-7-1-2-8(18)5-9(7)14(20)19/h1-5,19H,6H2. The summed E-state index contributed by atoms with van der Waals surface area (Å²) in [6.45, 7) is 0.478. The molecule has 0 amide bonds. The molecule has 0 unspecified atom stereocenters. The first-order valence-corrected chi connectivity index (χ1v) is 7.32. The molecular weight excluding hydrogens is 366 g/mol. The molecule has 3 rings (SSSR count). The number of anilines is 1. The van der Waals surface area contributed by atoms with Gasteiger partial charge in [0.1, 0.15) is 11.7 Å². The molecule has 0 aliphatic carbocycles. The molecule has 2 aromatic rings. The van der Waals surface area contributed by atoms with Crippen LogP contribution in [0.1, 0.15) is 11.1 Å². The fourth-order valence-corrected chi connectivity index (χ4v) is 3.10. The minimum atomic E-state index is -0.352. The van der Waals surface area contributed by atoms with E-state index in [1.807, 2.05) is 0 Å². The van der Waals surface area contributed by atoms with E-state index in [9.17, 15) is 4.39 Å². The minimum absolute atomic E-state index is 0.222. The zero-order chi connectivity index (χ0) is 14.4. The van der Waals surface area contributed by atoms with E-state index in [2.05, 4.69) is 15.9 Å². The topological polar surface area (TPSA) is 27.1 Å². The SMILES string of the molecule is N=C1c2cc(F)ccc2CN1c1ccc(Br)c(Cl)c1Cl. The van der Waals surface area contributed by atoms with Gasteiger partial charge in [-0.25, -0.2) is 4.39 Å². The Hall–Kier alpha value is -1.10. The maximum atomic E-state index is 13.3. The lowest BCUT2D eigenvalue weighted by atomic mass is 10.1. The lowest BCUT2D eigenvalue weighted by Gasteiger charge is -2.20. The van der Waals surface area contributed by atoms with Crippen molar-refractivity contribution >= 4 is 50.7 Å². The molecule has 102 valence electrons. The Morgan fingerprint density at radius 1 is 1.15 bits per heavy atom. The Bertz CT molecular complexity index is 733. The number of nitrogens with zero attached hydrogens (tertiary/aromatic N) is 1. The van der Waals surface area contributed by atoms with E-state index in [0.29, 0.717) is 32.3 Å². The van der Waals surface area contributed by atoms with Gasteiger partial charge in [0, 0.05) is 10.0 Å². The predicted octanol–water partition coefficient (Wildman–Crippen LogP) is 5.24. The minimum Gasteiger partial charge on any atom is -0.320 e. The largest absolute Gasteiger partial charge is 0.320 e. The summed E-state index contributed by atoms with van der Waals surface area (Å²) in [6, 6.07) is 8.01. The third-order valence-electron chi connectivity index (χ3n) is 3.23. The van der Waals surface area contributed by atoms with Gasteiger partial charge in [-0.3, -0.25) is 5.41 Å². The van der Waals surface area contributed by atoms with Crippen LogP contribution in [0.15, 0.2) is 34.8 Å². The monoisotopic (exact) mass is 372 g/mol. The molecule has 1 aliphatic heterocycles. The molecule has 0 bridgehead atoms. The second-order valence-electron chi connectivity index (χ2n) is 4.43. The summed E-state index contributed by atoms with van der Waals surface area (Å²) in [6.07, 6.45) is 0. The maximum absolute atomic E-state index is 13.3. The lowest BCUT2D eigenvalue weighted by Crippen LogP contribution is -2.23. The van der Waals surface area contributed by atoms with E-state index >= 15 is 0 Å². The number of rotatable bonds is 1. The van der Waals surface area contributed by atoms with Crippen LogP contribution < -0.4 is 4.90 Å². The first kappa shape index (κ1) is 13.9. The van der Waals surface area contributed by atoms with Crippen LogP contribution in [-0.2, 0) is 6.54 Å². The first-order valence-electron chi connectivity index (χ1n) is 5.77. The summed E-state index contributed by atoms with van der Waals surface area (Å²) in [7, 11) is 0. The molecule has 1 heterocycles. The van der Waals surface area contributed by atoms with Crippen molar-refractivity contribution < 1.29 is 4.39 Å². The van der Waals surface area contributed by atoms with Crippen molar-refractivity contribution in [3.8, 4) is 0 Å². The number of amidine groups is 1. The van der Waals surface area contributed by atoms with Gasteiger partial charge >= 0.3 is 0 Å². The highest BCUT2D eigenvalue weighted by molar-refractivity contribution is 9.10. The number of halogens is 4. The highest BCUT2D eigenvalue weighted by Crippen LogP contribution is 2.40. The molecular formula is C14H8BrCl2FN2. The Labute approximate surface area is 133 Å². The molecule has 2 nitrogen and oxygen atoms in total. The zero-order valence-electron chi connectivity index (χ0n) is 10.1. The van der Waals surface area contributed by atoms with Crippen LogP contribution >= 0.6 is 39.1 Å². The van der Waals surface area contributed by atoms with Gasteiger partial charge in [-0.05, 0) is 45.8 Å². The van der Waals surface area contributed by atoms with E-state index in [4.69, 9.17) is 28.6 Å².